The molecule has 2 aromatic rings. The predicted octanol–water partition coefficient (Wildman–Crippen LogP) is 3.52. The fraction of sp³-hybridized carbons (Fsp3) is 0.400. The van der Waals surface area contributed by atoms with E-state index in [4.69, 9.17) is 21.0 Å². The molecule has 0 saturated carbocycles. The van der Waals surface area contributed by atoms with Gasteiger partial charge in [0.15, 0.2) is 11.7 Å². The lowest BCUT2D eigenvalue weighted by Gasteiger charge is -2.36. The highest BCUT2D eigenvalue weighted by Gasteiger charge is 2.25. The smallest absolute Gasteiger partial charge is 0.289 e. The molecule has 1 fully saturated rings. The Morgan fingerprint density at radius 3 is 2.50 bits per heavy atom. The number of amides is 1. The maximum absolute atomic E-state index is 12.4. The third-order valence-corrected chi connectivity index (χ3v) is 4.90. The van der Waals surface area contributed by atoms with E-state index in [1.807, 2.05) is 29.2 Å². The number of furan rings is 1. The summed E-state index contributed by atoms with van der Waals surface area (Å²) in [4.78, 5) is 21.1. The number of benzene rings is 1. The second-order valence-corrected chi connectivity index (χ2v) is 6.74. The van der Waals surface area contributed by atoms with Crippen molar-refractivity contribution in [1.29, 1.82) is 0 Å². The normalized spacial score (nSPS) is 14.6. The van der Waals surface area contributed by atoms with Crippen molar-refractivity contribution in [2.75, 3.05) is 39.3 Å². The van der Waals surface area contributed by atoms with Gasteiger partial charge in [0.05, 0.1) is 6.26 Å². The summed E-state index contributed by atoms with van der Waals surface area (Å²) in [5.74, 6) is 1.22. The molecule has 0 radical (unpaired) electrons. The summed E-state index contributed by atoms with van der Waals surface area (Å²) in [7, 11) is 0. The number of nitrogens with zero attached hydrogens (tertiary/aromatic N) is 3. The summed E-state index contributed by atoms with van der Waals surface area (Å²) < 4.78 is 5.21. The molecular weight excluding hydrogens is 491 g/mol. The predicted molar refractivity (Wildman–Crippen MR) is 123 cm³/mol. The maximum atomic E-state index is 12.4. The molecule has 0 unspecified atom stereocenters. The largest absolute Gasteiger partial charge is 0.459 e. The van der Waals surface area contributed by atoms with Gasteiger partial charge in [-0.25, -0.2) is 0 Å². The summed E-state index contributed by atoms with van der Waals surface area (Å²) in [6.07, 6.45) is 2.32. The molecule has 1 amide bonds. The zero-order chi connectivity index (χ0) is 19.1. The number of piperazine rings is 1. The van der Waals surface area contributed by atoms with Gasteiger partial charge < -0.3 is 19.5 Å². The molecule has 8 heteroatoms. The van der Waals surface area contributed by atoms with Gasteiger partial charge >= 0.3 is 0 Å². The van der Waals surface area contributed by atoms with Gasteiger partial charge in [0, 0.05) is 44.3 Å². The van der Waals surface area contributed by atoms with Crippen LogP contribution in [0, 0.1) is 0 Å². The Kier molecular flexibility index (Phi) is 9.11. The number of carbonyl (C=O) groups excluding carboxylic acids is 1. The molecule has 6 nitrogen and oxygen atoms in total. The Hall–Kier alpha value is -1.74. The molecule has 1 aliphatic heterocycles. The van der Waals surface area contributed by atoms with Crippen molar-refractivity contribution in [2.24, 2.45) is 4.99 Å². The first kappa shape index (κ1) is 22.5. The standard InChI is InChI=1S/C20H25ClN4O2.HI/c1-2-22-20(23-10-9-16-6-3-4-7-17(16)21)25-13-11-24(12-14-25)19(26)18-8-5-15-27-18;/h3-8,15H,2,9-14H2,1H3,(H,22,23);1H. The van der Waals surface area contributed by atoms with E-state index in [1.54, 1.807) is 12.1 Å². The number of halogens is 2. The monoisotopic (exact) mass is 516 g/mol. The van der Waals surface area contributed by atoms with Gasteiger partial charge in [-0.15, -0.1) is 24.0 Å². The highest BCUT2D eigenvalue weighted by atomic mass is 127. The zero-order valence-electron chi connectivity index (χ0n) is 15.9. The molecule has 152 valence electrons. The number of carbonyl (C=O) groups is 1. The topological polar surface area (TPSA) is 61.1 Å². The number of guanidine groups is 1. The zero-order valence-corrected chi connectivity index (χ0v) is 19.0. The number of hydrogen-bond acceptors (Lipinski definition) is 3. The van der Waals surface area contributed by atoms with E-state index < -0.39 is 0 Å². The van der Waals surface area contributed by atoms with Crippen LogP contribution in [0.2, 0.25) is 5.02 Å². The second kappa shape index (κ2) is 11.3. The average molecular weight is 517 g/mol. The Balaban J connectivity index is 0.00000280. The van der Waals surface area contributed by atoms with Crippen molar-refractivity contribution in [3.8, 4) is 0 Å². The van der Waals surface area contributed by atoms with Crippen LogP contribution in [0.1, 0.15) is 23.0 Å². The Morgan fingerprint density at radius 2 is 1.86 bits per heavy atom. The van der Waals surface area contributed by atoms with Gasteiger partial charge in [-0.2, -0.15) is 0 Å². The SMILES string of the molecule is CCNC(=NCCc1ccccc1Cl)N1CCN(C(=O)c2ccco2)CC1.I. The van der Waals surface area contributed by atoms with Crippen LogP contribution in [-0.4, -0.2) is 60.9 Å². The first-order chi connectivity index (χ1) is 13.2. The molecular formula is C20H26ClIN4O2. The Bertz CT molecular complexity index is 774. The van der Waals surface area contributed by atoms with Crippen LogP contribution in [-0.2, 0) is 6.42 Å². The lowest BCUT2D eigenvalue weighted by atomic mass is 10.1. The lowest BCUT2D eigenvalue weighted by molar-refractivity contribution is 0.0657. The quantitative estimate of drug-likeness (QED) is 0.375. The summed E-state index contributed by atoms with van der Waals surface area (Å²) in [5.41, 5.74) is 1.10. The molecule has 0 aliphatic carbocycles. The second-order valence-electron chi connectivity index (χ2n) is 6.33. The van der Waals surface area contributed by atoms with Gasteiger partial charge in [-0.3, -0.25) is 9.79 Å². The van der Waals surface area contributed by atoms with Crippen molar-refractivity contribution in [3.05, 3.63) is 59.0 Å². The highest BCUT2D eigenvalue weighted by Crippen LogP contribution is 2.15. The molecule has 28 heavy (non-hydrogen) atoms. The molecule has 1 aromatic heterocycles. The third kappa shape index (κ3) is 5.88. The molecule has 0 atom stereocenters. The van der Waals surface area contributed by atoms with Crippen molar-refractivity contribution < 1.29 is 9.21 Å². The van der Waals surface area contributed by atoms with Crippen LogP contribution in [0.25, 0.3) is 0 Å². The fourth-order valence-electron chi connectivity index (χ4n) is 3.09. The van der Waals surface area contributed by atoms with E-state index in [-0.39, 0.29) is 29.9 Å². The molecule has 1 N–H and O–H groups in total. The van der Waals surface area contributed by atoms with Crippen LogP contribution < -0.4 is 5.32 Å². The minimum absolute atomic E-state index is 0. The van der Waals surface area contributed by atoms with Crippen LogP contribution >= 0.6 is 35.6 Å². The minimum Gasteiger partial charge on any atom is -0.459 e. The third-order valence-electron chi connectivity index (χ3n) is 4.53. The summed E-state index contributed by atoms with van der Waals surface area (Å²) >= 11 is 6.22. The molecule has 1 saturated heterocycles. The number of aliphatic imine (C=N–C) groups is 1. The Labute approximate surface area is 187 Å². The van der Waals surface area contributed by atoms with Gasteiger partial charge in [0.1, 0.15) is 0 Å². The van der Waals surface area contributed by atoms with Crippen LogP contribution in [0.3, 0.4) is 0 Å². The van der Waals surface area contributed by atoms with Crippen molar-refractivity contribution >= 4 is 47.4 Å². The molecule has 2 heterocycles. The molecule has 0 bridgehead atoms. The average Bonchev–Trinajstić information content (AvgIpc) is 3.23. The fourth-order valence-corrected chi connectivity index (χ4v) is 3.32. The van der Waals surface area contributed by atoms with E-state index in [0.717, 1.165) is 42.6 Å². The molecule has 1 aliphatic rings. The lowest BCUT2D eigenvalue weighted by Crippen LogP contribution is -2.53. The van der Waals surface area contributed by atoms with E-state index in [2.05, 4.69) is 17.1 Å². The molecule has 3 rings (SSSR count). The van der Waals surface area contributed by atoms with E-state index in [9.17, 15) is 4.79 Å². The summed E-state index contributed by atoms with van der Waals surface area (Å²) in [6, 6.07) is 11.3. The van der Waals surface area contributed by atoms with Crippen molar-refractivity contribution in [2.45, 2.75) is 13.3 Å². The number of hydrogen-bond donors (Lipinski definition) is 1. The van der Waals surface area contributed by atoms with Crippen LogP contribution in [0.4, 0.5) is 0 Å². The summed E-state index contributed by atoms with van der Waals surface area (Å²) in [5, 5.41) is 4.13. The van der Waals surface area contributed by atoms with E-state index in [0.29, 0.717) is 25.4 Å². The number of rotatable bonds is 5. The minimum atomic E-state index is -0.0553. The van der Waals surface area contributed by atoms with Gasteiger partial charge in [0.2, 0.25) is 0 Å². The van der Waals surface area contributed by atoms with Crippen molar-refractivity contribution in [1.82, 2.24) is 15.1 Å². The Morgan fingerprint density at radius 1 is 1.14 bits per heavy atom. The van der Waals surface area contributed by atoms with Gasteiger partial charge in [0.25, 0.3) is 5.91 Å². The van der Waals surface area contributed by atoms with E-state index >= 15 is 0 Å². The highest BCUT2D eigenvalue weighted by molar-refractivity contribution is 14.0. The molecule has 0 spiro atoms. The number of nitrogens with one attached hydrogen (secondary N) is 1. The van der Waals surface area contributed by atoms with Crippen LogP contribution in [0.15, 0.2) is 52.1 Å². The maximum Gasteiger partial charge on any atom is 0.289 e. The van der Waals surface area contributed by atoms with Gasteiger partial charge in [-0.05, 0) is 37.1 Å². The molecule has 1 aromatic carbocycles. The summed E-state index contributed by atoms with van der Waals surface area (Å²) in [6.45, 7) is 6.30. The van der Waals surface area contributed by atoms with E-state index in [1.165, 1.54) is 6.26 Å². The van der Waals surface area contributed by atoms with Gasteiger partial charge in [-0.1, -0.05) is 29.8 Å². The first-order valence-electron chi connectivity index (χ1n) is 9.28. The van der Waals surface area contributed by atoms with Crippen LogP contribution in [0.5, 0.6) is 0 Å². The first-order valence-corrected chi connectivity index (χ1v) is 9.66. The van der Waals surface area contributed by atoms with Crippen molar-refractivity contribution in [3.63, 3.8) is 0 Å².